The molecule has 18 heavy (non-hydrogen) atoms. The van der Waals surface area contributed by atoms with Crippen LogP contribution in [-0.2, 0) is 0 Å². The topological polar surface area (TPSA) is 43.8 Å². The Labute approximate surface area is 106 Å². The molecule has 88 valence electrons. The highest BCUT2D eigenvalue weighted by atomic mass is 15.0. The van der Waals surface area contributed by atoms with Crippen LogP contribution in [0.25, 0.3) is 16.9 Å². The van der Waals surface area contributed by atoms with E-state index in [-0.39, 0.29) is 0 Å². The van der Waals surface area contributed by atoms with Crippen LogP contribution >= 0.6 is 0 Å². The van der Waals surface area contributed by atoms with Crippen molar-refractivity contribution in [2.45, 2.75) is 0 Å². The van der Waals surface area contributed by atoms with Crippen LogP contribution < -0.4 is 5.73 Å². The molecule has 0 aliphatic carbocycles. The molecule has 3 aromatic rings. The minimum absolute atomic E-state index is 0.750. The second-order valence-electron chi connectivity index (χ2n) is 4.11. The van der Waals surface area contributed by atoms with Crippen LogP contribution in [0.3, 0.4) is 0 Å². The van der Waals surface area contributed by atoms with E-state index in [1.165, 1.54) is 0 Å². The van der Waals surface area contributed by atoms with E-state index in [0.717, 1.165) is 22.6 Å². The molecule has 0 fully saturated rings. The zero-order valence-corrected chi connectivity index (χ0v) is 9.82. The number of hydrogen-bond acceptors (Lipinski definition) is 2. The number of nitrogens with zero attached hydrogens (tertiary/aromatic N) is 2. The Morgan fingerprint density at radius 2 is 1.78 bits per heavy atom. The third-order valence-electron chi connectivity index (χ3n) is 2.86. The molecule has 0 aliphatic heterocycles. The minimum Gasteiger partial charge on any atom is -0.399 e. The molecule has 0 aliphatic rings. The Morgan fingerprint density at radius 1 is 0.944 bits per heavy atom. The molecule has 3 heteroatoms. The predicted octanol–water partition coefficient (Wildman–Crippen LogP) is 3.12. The largest absolute Gasteiger partial charge is 0.399 e. The van der Waals surface area contributed by atoms with E-state index in [2.05, 4.69) is 17.1 Å². The fourth-order valence-electron chi connectivity index (χ4n) is 2.00. The molecule has 3 nitrogen and oxygen atoms in total. The van der Waals surface area contributed by atoms with Gasteiger partial charge in [0.2, 0.25) is 0 Å². The molecule has 2 N–H and O–H groups in total. The second kappa shape index (κ2) is 4.37. The van der Waals surface area contributed by atoms with Crippen molar-refractivity contribution in [1.82, 2.24) is 9.55 Å². The van der Waals surface area contributed by atoms with Gasteiger partial charge in [0.15, 0.2) is 0 Å². The number of nitrogen functional groups attached to an aromatic ring is 1. The maximum absolute atomic E-state index is 5.82. The molecule has 3 rings (SSSR count). The second-order valence-corrected chi connectivity index (χ2v) is 4.11. The maximum atomic E-state index is 5.82. The highest BCUT2D eigenvalue weighted by Crippen LogP contribution is 2.23. The van der Waals surface area contributed by atoms with Crippen LogP contribution in [-0.4, -0.2) is 9.55 Å². The van der Waals surface area contributed by atoms with Crippen molar-refractivity contribution < 1.29 is 0 Å². The first kappa shape index (κ1) is 10.6. The summed E-state index contributed by atoms with van der Waals surface area (Å²) < 4.78 is 2.03. The lowest BCUT2D eigenvalue weighted by Gasteiger charge is -2.08. The molecule has 0 bridgehead atoms. The summed E-state index contributed by atoms with van der Waals surface area (Å²) in [5.74, 6) is 0. The Hall–Kier alpha value is -2.55. The van der Waals surface area contributed by atoms with Crippen LogP contribution in [0.5, 0.6) is 0 Å². The Bertz CT molecular complexity index is 656. The normalized spacial score (nSPS) is 10.4. The summed E-state index contributed by atoms with van der Waals surface area (Å²) in [6, 6.07) is 18.0. The number of imidazole rings is 1. The average molecular weight is 235 g/mol. The number of hydrogen-bond donors (Lipinski definition) is 1. The zero-order valence-electron chi connectivity index (χ0n) is 9.82. The predicted molar refractivity (Wildman–Crippen MR) is 73.4 cm³/mol. The van der Waals surface area contributed by atoms with Gasteiger partial charge < -0.3 is 5.73 Å². The molecular formula is C15H13N3. The van der Waals surface area contributed by atoms with Crippen molar-refractivity contribution >= 4 is 5.69 Å². The van der Waals surface area contributed by atoms with Crippen molar-refractivity contribution in [3.05, 3.63) is 67.1 Å². The van der Waals surface area contributed by atoms with E-state index in [0.29, 0.717) is 0 Å². The van der Waals surface area contributed by atoms with Crippen molar-refractivity contribution in [2.75, 3.05) is 5.73 Å². The summed E-state index contributed by atoms with van der Waals surface area (Å²) in [5.41, 5.74) is 9.78. The Kier molecular flexibility index (Phi) is 2.57. The summed E-state index contributed by atoms with van der Waals surface area (Å²) in [6.45, 7) is 0. The maximum Gasteiger partial charge on any atom is 0.0997 e. The van der Waals surface area contributed by atoms with Crippen LogP contribution in [0.15, 0.2) is 67.1 Å². The quantitative estimate of drug-likeness (QED) is 0.693. The van der Waals surface area contributed by atoms with E-state index in [1.54, 1.807) is 6.33 Å². The van der Waals surface area contributed by atoms with Crippen molar-refractivity contribution in [3.8, 4) is 16.9 Å². The van der Waals surface area contributed by atoms with Gasteiger partial charge in [-0.25, -0.2) is 4.98 Å². The summed E-state index contributed by atoms with van der Waals surface area (Å²) in [4.78, 5) is 4.23. The van der Waals surface area contributed by atoms with Crippen molar-refractivity contribution in [1.29, 1.82) is 0 Å². The molecule has 0 radical (unpaired) electrons. The lowest BCUT2D eigenvalue weighted by Crippen LogP contribution is -1.96. The smallest absolute Gasteiger partial charge is 0.0997 e. The lowest BCUT2D eigenvalue weighted by atomic mass is 10.1. The molecular weight excluding hydrogens is 222 g/mol. The first-order valence-electron chi connectivity index (χ1n) is 5.78. The van der Waals surface area contributed by atoms with E-state index in [1.807, 2.05) is 53.2 Å². The summed E-state index contributed by atoms with van der Waals surface area (Å²) >= 11 is 0. The van der Waals surface area contributed by atoms with E-state index in [4.69, 9.17) is 5.73 Å². The van der Waals surface area contributed by atoms with Gasteiger partial charge in [-0.3, -0.25) is 4.57 Å². The Balaban J connectivity index is 2.13. The van der Waals surface area contributed by atoms with Gasteiger partial charge in [0.25, 0.3) is 0 Å². The van der Waals surface area contributed by atoms with Gasteiger partial charge in [0.1, 0.15) is 0 Å². The van der Waals surface area contributed by atoms with Gasteiger partial charge in [0.05, 0.1) is 18.2 Å². The molecule has 0 unspecified atom stereocenters. The molecule has 0 saturated carbocycles. The van der Waals surface area contributed by atoms with Crippen molar-refractivity contribution in [2.24, 2.45) is 0 Å². The van der Waals surface area contributed by atoms with E-state index in [9.17, 15) is 0 Å². The molecule has 0 atom stereocenters. The fourth-order valence-corrected chi connectivity index (χ4v) is 2.00. The number of rotatable bonds is 2. The van der Waals surface area contributed by atoms with Gasteiger partial charge in [-0.2, -0.15) is 0 Å². The molecule has 0 spiro atoms. The Morgan fingerprint density at radius 3 is 2.56 bits per heavy atom. The number of aromatic nitrogens is 2. The van der Waals surface area contributed by atoms with Gasteiger partial charge >= 0.3 is 0 Å². The summed E-state index contributed by atoms with van der Waals surface area (Å²) in [5, 5.41) is 0. The van der Waals surface area contributed by atoms with Crippen molar-refractivity contribution in [3.63, 3.8) is 0 Å². The highest BCUT2D eigenvalue weighted by molar-refractivity contribution is 5.62. The molecule has 1 heterocycles. The molecule has 0 amide bonds. The number of benzene rings is 2. The number of anilines is 1. The van der Waals surface area contributed by atoms with E-state index >= 15 is 0 Å². The molecule has 2 aromatic carbocycles. The first-order valence-corrected chi connectivity index (χ1v) is 5.78. The highest BCUT2D eigenvalue weighted by Gasteiger charge is 2.06. The van der Waals surface area contributed by atoms with Gasteiger partial charge in [-0.1, -0.05) is 36.4 Å². The van der Waals surface area contributed by atoms with Gasteiger partial charge in [-0.05, 0) is 18.2 Å². The molecule has 1 aromatic heterocycles. The van der Waals surface area contributed by atoms with Crippen LogP contribution in [0.1, 0.15) is 0 Å². The third kappa shape index (κ3) is 1.86. The van der Waals surface area contributed by atoms with E-state index < -0.39 is 0 Å². The number of nitrogens with two attached hydrogens (primary N) is 1. The average Bonchev–Trinajstić information content (AvgIpc) is 2.89. The first-order chi connectivity index (χ1) is 8.84. The van der Waals surface area contributed by atoms with Gasteiger partial charge in [0, 0.05) is 16.9 Å². The SMILES string of the molecule is Nc1cccc(-n2cncc2-c2ccccc2)c1. The third-order valence-corrected chi connectivity index (χ3v) is 2.86. The van der Waals surface area contributed by atoms with Crippen LogP contribution in [0, 0.1) is 0 Å². The minimum atomic E-state index is 0.750. The monoisotopic (exact) mass is 235 g/mol. The molecule has 0 saturated heterocycles. The fraction of sp³-hybridized carbons (Fsp3) is 0. The summed E-state index contributed by atoms with van der Waals surface area (Å²) in [7, 11) is 0. The lowest BCUT2D eigenvalue weighted by molar-refractivity contribution is 1.06. The van der Waals surface area contributed by atoms with Crippen LogP contribution in [0.4, 0.5) is 5.69 Å². The van der Waals surface area contributed by atoms with Crippen LogP contribution in [0.2, 0.25) is 0 Å². The standard InChI is InChI=1S/C15H13N3/c16-13-7-4-8-14(9-13)18-11-17-10-15(18)12-5-2-1-3-6-12/h1-11H,16H2. The summed E-state index contributed by atoms with van der Waals surface area (Å²) in [6.07, 6.45) is 3.66. The van der Waals surface area contributed by atoms with Gasteiger partial charge in [-0.15, -0.1) is 0 Å². The zero-order chi connectivity index (χ0) is 12.4.